The molecule has 0 bridgehead atoms. The number of aromatic nitrogens is 1. The summed E-state index contributed by atoms with van der Waals surface area (Å²) in [6, 6.07) is 2.24. The Hall–Kier alpha value is -1.12. The maximum Gasteiger partial charge on any atom is 0.180 e. The second-order valence-electron chi connectivity index (χ2n) is 3.52. The minimum absolute atomic E-state index is 0.0650. The molecular weight excluding hydrogens is 208 g/mol. The number of rotatable bonds is 5. The van der Waals surface area contributed by atoms with Crippen molar-refractivity contribution in [3.63, 3.8) is 0 Å². The quantitative estimate of drug-likeness (QED) is 0.826. The van der Waals surface area contributed by atoms with Crippen molar-refractivity contribution in [2.45, 2.75) is 20.4 Å². The minimum Gasteiger partial charge on any atom is -0.375 e. The molecule has 4 nitrogen and oxygen atoms in total. The van der Waals surface area contributed by atoms with Crippen LogP contribution in [0.4, 0.5) is 5.13 Å². The molecule has 0 aliphatic rings. The number of thiazole rings is 1. The van der Waals surface area contributed by atoms with E-state index in [1.807, 2.05) is 6.92 Å². The third-order valence-electron chi connectivity index (χ3n) is 2.15. The van der Waals surface area contributed by atoms with Gasteiger partial charge in [-0.25, -0.2) is 4.98 Å². The molecule has 2 N–H and O–H groups in total. The van der Waals surface area contributed by atoms with Crippen LogP contribution in [0.15, 0.2) is 6.20 Å². The van der Waals surface area contributed by atoms with Crippen molar-refractivity contribution in [1.29, 1.82) is 5.26 Å². The Morgan fingerprint density at radius 3 is 2.93 bits per heavy atom. The fourth-order valence-corrected chi connectivity index (χ4v) is 2.08. The molecule has 0 saturated carbocycles. The molecule has 15 heavy (non-hydrogen) atoms. The molecule has 1 heterocycles. The first-order valence-electron chi connectivity index (χ1n) is 4.97. The van der Waals surface area contributed by atoms with E-state index in [2.05, 4.69) is 22.9 Å². The van der Waals surface area contributed by atoms with Gasteiger partial charge in [-0.1, -0.05) is 6.92 Å². The Kier molecular flexibility index (Phi) is 4.53. The predicted molar refractivity (Wildman–Crippen MR) is 62.3 cm³/mol. The van der Waals surface area contributed by atoms with Crippen molar-refractivity contribution < 1.29 is 0 Å². The lowest BCUT2D eigenvalue weighted by Crippen LogP contribution is -2.27. The molecule has 5 heteroatoms. The maximum atomic E-state index is 8.74. The third kappa shape index (κ3) is 3.86. The number of nitrogen functional groups attached to an aromatic ring is 1. The van der Waals surface area contributed by atoms with Crippen LogP contribution >= 0.6 is 11.3 Å². The van der Waals surface area contributed by atoms with Crippen molar-refractivity contribution >= 4 is 16.5 Å². The summed E-state index contributed by atoms with van der Waals surface area (Å²) in [5.41, 5.74) is 5.56. The van der Waals surface area contributed by atoms with Crippen LogP contribution in [0.5, 0.6) is 0 Å². The molecule has 0 aromatic carbocycles. The van der Waals surface area contributed by atoms with E-state index in [1.165, 1.54) is 11.3 Å². The van der Waals surface area contributed by atoms with Gasteiger partial charge in [-0.2, -0.15) is 5.26 Å². The molecule has 1 atom stereocenters. The summed E-state index contributed by atoms with van der Waals surface area (Å²) in [6.45, 7) is 6.59. The molecule has 0 amide bonds. The lowest BCUT2D eigenvalue weighted by atomic mass is 10.2. The van der Waals surface area contributed by atoms with E-state index in [4.69, 9.17) is 11.0 Å². The Bertz CT molecular complexity index is 341. The first-order valence-corrected chi connectivity index (χ1v) is 5.79. The van der Waals surface area contributed by atoms with Gasteiger partial charge in [0.1, 0.15) is 0 Å². The van der Waals surface area contributed by atoms with Gasteiger partial charge in [0.2, 0.25) is 0 Å². The average Bonchev–Trinajstić information content (AvgIpc) is 2.62. The van der Waals surface area contributed by atoms with E-state index in [9.17, 15) is 0 Å². The zero-order chi connectivity index (χ0) is 11.3. The molecule has 0 radical (unpaired) electrons. The van der Waals surface area contributed by atoms with Crippen LogP contribution in [0.3, 0.4) is 0 Å². The zero-order valence-corrected chi connectivity index (χ0v) is 9.92. The number of nitrogens with two attached hydrogens (primary N) is 1. The Balaban J connectivity index is 2.51. The van der Waals surface area contributed by atoms with Crippen LogP contribution < -0.4 is 5.73 Å². The van der Waals surface area contributed by atoms with Crippen molar-refractivity contribution in [2.75, 3.05) is 18.8 Å². The fraction of sp³-hybridized carbons (Fsp3) is 0.600. The van der Waals surface area contributed by atoms with Crippen LogP contribution in [0.1, 0.15) is 18.7 Å². The highest BCUT2D eigenvalue weighted by Gasteiger charge is 2.09. The normalized spacial score (nSPS) is 12.7. The van der Waals surface area contributed by atoms with E-state index in [0.29, 0.717) is 5.13 Å². The van der Waals surface area contributed by atoms with Crippen molar-refractivity contribution in [2.24, 2.45) is 5.92 Å². The number of hydrogen-bond donors (Lipinski definition) is 1. The van der Waals surface area contributed by atoms with Gasteiger partial charge in [-0.3, -0.25) is 4.90 Å². The summed E-state index contributed by atoms with van der Waals surface area (Å²) in [5.74, 6) is 0.0650. The number of hydrogen-bond acceptors (Lipinski definition) is 5. The van der Waals surface area contributed by atoms with Crippen LogP contribution in [0, 0.1) is 17.2 Å². The van der Waals surface area contributed by atoms with Crippen molar-refractivity contribution in [3.05, 3.63) is 11.1 Å². The highest BCUT2D eigenvalue weighted by atomic mass is 32.1. The molecule has 1 aromatic heterocycles. The van der Waals surface area contributed by atoms with Gasteiger partial charge in [0, 0.05) is 24.2 Å². The summed E-state index contributed by atoms with van der Waals surface area (Å²) >= 11 is 1.51. The van der Waals surface area contributed by atoms with Gasteiger partial charge < -0.3 is 5.73 Å². The van der Waals surface area contributed by atoms with Gasteiger partial charge in [0.05, 0.1) is 12.0 Å². The molecule has 82 valence electrons. The van der Waals surface area contributed by atoms with E-state index >= 15 is 0 Å². The monoisotopic (exact) mass is 224 g/mol. The molecule has 0 aliphatic carbocycles. The van der Waals surface area contributed by atoms with Crippen LogP contribution in [0.25, 0.3) is 0 Å². The first kappa shape index (κ1) is 12.0. The lowest BCUT2D eigenvalue weighted by Gasteiger charge is -2.20. The topological polar surface area (TPSA) is 65.9 Å². The summed E-state index contributed by atoms with van der Waals surface area (Å²) in [6.07, 6.45) is 1.81. The van der Waals surface area contributed by atoms with Gasteiger partial charge in [0.25, 0.3) is 0 Å². The molecule has 1 unspecified atom stereocenters. The standard InChI is InChI=1S/C10H16N4S/c1-3-14(6-8(2)4-11)7-9-5-13-10(12)15-9/h5,8H,3,6-7H2,1-2H3,(H2,12,13). The lowest BCUT2D eigenvalue weighted by molar-refractivity contribution is 0.262. The second-order valence-corrected chi connectivity index (χ2v) is 4.67. The fourth-order valence-electron chi connectivity index (χ4n) is 1.35. The Morgan fingerprint density at radius 1 is 1.73 bits per heavy atom. The summed E-state index contributed by atoms with van der Waals surface area (Å²) in [5, 5.41) is 9.35. The number of nitriles is 1. The Morgan fingerprint density at radius 2 is 2.47 bits per heavy atom. The molecule has 0 saturated heterocycles. The zero-order valence-electron chi connectivity index (χ0n) is 9.10. The summed E-state index contributed by atoms with van der Waals surface area (Å²) in [4.78, 5) is 7.38. The van der Waals surface area contributed by atoms with E-state index in [1.54, 1.807) is 6.20 Å². The SMILES string of the molecule is CCN(Cc1cnc(N)s1)CC(C)C#N. The van der Waals surface area contributed by atoms with E-state index in [-0.39, 0.29) is 5.92 Å². The van der Waals surface area contributed by atoms with Crippen LogP contribution in [-0.4, -0.2) is 23.0 Å². The molecule has 1 rings (SSSR count). The van der Waals surface area contributed by atoms with Crippen LogP contribution in [0.2, 0.25) is 0 Å². The van der Waals surface area contributed by atoms with Gasteiger partial charge in [-0.05, 0) is 13.5 Å². The van der Waals surface area contributed by atoms with Gasteiger partial charge in [0.15, 0.2) is 5.13 Å². The van der Waals surface area contributed by atoms with E-state index in [0.717, 1.165) is 24.5 Å². The summed E-state index contributed by atoms with van der Waals surface area (Å²) in [7, 11) is 0. The van der Waals surface area contributed by atoms with Crippen LogP contribution in [-0.2, 0) is 6.54 Å². The van der Waals surface area contributed by atoms with Crippen molar-refractivity contribution in [3.8, 4) is 6.07 Å². The smallest absolute Gasteiger partial charge is 0.180 e. The number of nitrogens with zero attached hydrogens (tertiary/aromatic N) is 3. The average molecular weight is 224 g/mol. The molecule has 0 spiro atoms. The largest absolute Gasteiger partial charge is 0.375 e. The van der Waals surface area contributed by atoms with Gasteiger partial charge in [-0.15, -0.1) is 11.3 Å². The van der Waals surface area contributed by atoms with E-state index < -0.39 is 0 Å². The highest BCUT2D eigenvalue weighted by Crippen LogP contribution is 2.16. The highest BCUT2D eigenvalue weighted by molar-refractivity contribution is 7.15. The second kappa shape index (κ2) is 5.69. The minimum atomic E-state index is 0.0650. The first-order chi connectivity index (χ1) is 7.15. The molecule has 0 aliphatic heterocycles. The van der Waals surface area contributed by atoms with Crippen molar-refractivity contribution in [1.82, 2.24) is 9.88 Å². The molecule has 1 aromatic rings. The summed E-state index contributed by atoms with van der Waals surface area (Å²) < 4.78 is 0. The molecule has 0 fully saturated rings. The Labute approximate surface area is 94.3 Å². The predicted octanol–water partition coefficient (Wildman–Crippen LogP) is 1.71. The maximum absolute atomic E-state index is 8.74. The molecular formula is C10H16N4S. The van der Waals surface area contributed by atoms with Gasteiger partial charge >= 0.3 is 0 Å². The third-order valence-corrected chi connectivity index (χ3v) is 2.96. The number of anilines is 1.